The Morgan fingerprint density at radius 2 is 1.88 bits per heavy atom. The Kier molecular flexibility index (Phi) is 3.44. The summed E-state index contributed by atoms with van der Waals surface area (Å²) in [5.74, 6) is 1.14. The van der Waals surface area contributed by atoms with E-state index >= 15 is 0 Å². The van der Waals surface area contributed by atoms with E-state index in [2.05, 4.69) is 47.8 Å². The first-order chi connectivity index (χ1) is 7.66. The zero-order valence-corrected chi connectivity index (χ0v) is 10.5. The van der Waals surface area contributed by atoms with Crippen LogP contribution < -0.4 is 4.90 Å². The van der Waals surface area contributed by atoms with Gasteiger partial charge in [-0.05, 0) is 45.5 Å². The Morgan fingerprint density at radius 3 is 2.62 bits per heavy atom. The van der Waals surface area contributed by atoms with Crippen LogP contribution >= 0.6 is 0 Å². The van der Waals surface area contributed by atoms with Crippen molar-refractivity contribution in [3.63, 3.8) is 0 Å². The molecule has 3 heteroatoms. The van der Waals surface area contributed by atoms with Crippen molar-refractivity contribution in [3.8, 4) is 0 Å². The maximum Gasteiger partial charge on any atom is 0.128 e. The van der Waals surface area contributed by atoms with E-state index in [9.17, 15) is 0 Å². The van der Waals surface area contributed by atoms with Crippen LogP contribution in [-0.2, 0) is 0 Å². The first-order valence-corrected chi connectivity index (χ1v) is 6.04. The lowest BCUT2D eigenvalue weighted by Crippen LogP contribution is -2.29. The van der Waals surface area contributed by atoms with Crippen LogP contribution in [0.2, 0.25) is 0 Å². The molecule has 0 aromatic carbocycles. The predicted molar refractivity (Wildman–Crippen MR) is 68.0 cm³/mol. The number of aryl methyl sites for hydroxylation is 2. The molecule has 0 spiro atoms. The van der Waals surface area contributed by atoms with Gasteiger partial charge in [0.05, 0.1) is 0 Å². The average molecular weight is 219 g/mol. The SMILES string of the molecule is Cc1ccc(N2CCCN(C)CC2)nc1C. The number of anilines is 1. The molecule has 0 atom stereocenters. The molecule has 0 unspecified atom stereocenters. The highest BCUT2D eigenvalue weighted by molar-refractivity contribution is 5.41. The summed E-state index contributed by atoms with van der Waals surface area (Å²) in [5.41, 5.74) is 2.42. The van der Waals surface area contributed by atoms with E-state index in [-0.39, 0.29) is 0 Å². The van der Waals surface area contributed by atoms with Gasteiger partial charge < -0.3 is 9.80 Å². The molecule has 0 aliphatic carbocycles. The molecular weight excluding hydrogens is 198 g/mol. The molecule has 2 rings (SSSR count). The third-order valence-corrected chi connectivity index (χ3v) is 3.38. The first kappa shape index (κ1) is 11.4. The maximum absolute atomic E-state index is 4.67. The lowest BCUT2D eigenvalue weighted by molar-refractivity contribution is 0.360. The zero-order valence-electron chi connectivity index (χ0n) is 10.5. The van der Waals surface area contributed by atoms with Gasteiger partial charge in [0.2, 0.25) is 0 Å². The molecule has 0 saturated carbocycles. The molecule has 3 nitrogen and oxygen atoms in total. The maximum atomic E-state index is 4.67. The van der Waals surface area contributed by atoms with E-state index in [0.29, 0.717) is 0 Å². The number of hydrogen-bond donors (Lipinski definition) is 0. The molecule has 0 radical (unpaired) electrons. The largest absolute Gasteiger partial charge is 0.355 e. The molecule has 0 amide bonds. The van der Waals surface area contributed by atoms with Crippen LogP contribution in [0.5, 0.6) is 0 Å². The standard InChI is InChI=1S/C13H21N3/c1-11-5-6-13(14-12(11)2)16-8-4-7-15(3)9-10-16/h5-6H,4,7-10H2,1-3H3. The quantitative estimate of drug-likeness (QED) is 0.718. The number of pyridine rings is 1. The van der Waals surface area contributed by atoms with Crippen molar-refractivity contribution in [3.05, 3.63) is 23.4 Å². The summed E-state index contributed by atoms with van der Waals surface area (Å²) >= 11 is 0. The second-order valence-electron chi connectivity index (χ2n) is 4.72. The Hall–Kier alpha value is -1.09. The highest BCUT2D eigenvalue weighted by Gasteiger charge is 2.13. The van der Waals surface area contributed by atoms with Crippen LogP contribution in [0.25, 0.3) is 0 Å². The molecule has 1 aliphatic rings. The van der Waals surface area contributed by atoms with E-state index in [1.54, 1.807) is 0 Å². The molecule has 1 aromatic heterocycles. The zero-order chi connectivity index (χ0) is 11.5. The van der Waals surface area contributed by atoms with Gasteiger partial charge in [-0.2, -0.15) is 0 Å². The monoisotopic (exact) mass is 219 g/mol. The van der Waals surface area contributed by atoms with Crippen molar-refractivity contribution in [1.82, 2.24) is 9.88 Å². The average Bonchev–Trinajstić information content (AvgIpc) is 2.47. The summed E-state index contributed by atoms with van der Waals surface area (Å²) in [7, 11) is 2.19. The summed E-state index contributed by atoms with van der Waals surface area (Å²) in [6.45, 7) is 8.74. The van der Waals surface area contributed by atoms with Crippen LogP contribution in [0, 0.1) is 13.8 Å². The van der Waals surface area contributed by atoms with Gasteiger partial charge in [-0.25, -0.2) is 4.98 Å². The fourth-order valence-corrected chi connectivity index (χ4v) is 2.07. The molecule has 88 valence electrons. The van der Waals surface area contributed by atoms with Gasteiger partial charge in [-0.1, -0.05) is 6.07 Å². The Bertz CT molecular complexity index is 362. The molecular formula is C13H21N3. The normalized spacial score (nSPS) is 18.6. The fourth-order valence-electron chi connectivity index (χ4n) is 2.07. The van der Waals surface area contributed by atoms with Gasteiger partial charge >= 0.3 is 0 Å². The van der Waals surface area contributed by atoms with E-state index in [1.165, 1.54) is 18.5 Å². The second kappa shape index (κ2) is 4.83. The lowest BCUT2D eigenvalue weighted by atomic mass is 10.2. The van der Waals surface area contributed by atoms with Crippen LogP contribution in [0.3, 0.4) is 0 Å². The third-order valence-electron chi connectivity index (χ3n) is 3.38. The molecule has 16 heavy (non-hydrogen) atoms. The van der Waals surface area contributed by atoms with E-state index in [1.807, 2.05) is 0 Å². The van der Waals surface area contributed by atoms with Gasteiger partial charge in [-0.3, -0.25) is 0 Å². The Labute approximate surface area is 98.1 Å². The lowest BCUT2D eigenvalue weighted by Gasteiger charge is -2.22. The Morgan fingerprint density at radius 1 is 1.06 bits per heavy atom. The molecule has 1 fully saturated rings. The number of nitrogens with zero attached hydrogens (tertiary/aromatic N) is 3. The number of aromatic nitrogens is 1. The minimum atomic E-state index is 1.09. The predicted octanol–water partition coefficient (Wildman–Crippen LogP) is 1.84. The van der Waals surface area contributed by atoms with Crippen molar-refractivity contribution in [2.45, 2.75) is 20.3 Å². The molecule has 1 saturated heterocycles. The summed E-state index contributed by atoms with van der Waals surface area (Å²) in [6, 6.07) is 4.32. The molecule has 0 bridgehead atoms. The highest BCUT2D eigenvalue weighted by Crippen LogP contribution is 2.15. The minimum Gasteiger partial charge on any atom is -0.355 e. The number of rotatable bonds is 1. The Balaban J connectivity index is 2.13. The van der Waals surface area contributed by atoms with Crippen LogP contribution in [0.1, 0.15) is 17.7 Å². The highest BCUT2D eigenvalue weighted by atomic mass is 15.2. The first-order valence-electron chi connectivity index (χ1n) is 6.04. The summed E-state index contributed by atoms with van der Waals surface area (Å²) in [5, 5.41) is 0. The van der Waals surface area contributed by atoms with Crippen molar-refractivity contribution in [1.29, 1.82) is 0 Å². The summed E-state index contributed by atoms with van der Waals surface area (Å²) in [6.07, 6.45) is 1.23. The summed E-state index contributed by atoms with van der Waals surface area (Å²) in [4.78, 5) is 9.46. The molecule has 1 aliphatic heterocycles. The van der Waals surface area contributed by atoms with E-state index < -0.39 is 0 Å². The second-order valence-corrected chi connectivity index (χ2v) is 4.72. The number of likely N-dealkylation sites (N-methyl/N-ethyl adjacent to an activating group) is 1. The smallest absolute Gasteiger partial charge is 0.128 e. The van der Waals surface area contributed by atoms with E-state index in [0.717, 1.165) is 31.1 Å². The van der Waals surface area contributed by atoms with Gasteiger partial charge in [0.1, 0.15) is 5.82 Å². The number of hydrogen-bond acceptors (Lipinski definition) is 3. The summed E-state index contributed by atoms with van der Waals surface area (Å²) < 4.78 is 0. The molecule has 2 heterocycles. The van der Waals surface area contributed by atoms with Crippen molar-refractivity contribution in [2.24, 2.45) is 0 Å². The van der Waals surface area contributed by atoms with Crippen molar-refractivity contribution in [2.75, 3.05) is 38.1 Å². The van der Waals surface area contributed by atoms with Crippen molar-refractivity contribution >= 4 is 5.82 Å². The van der Waals surface area contributed by atoms with Crippen LogP contribution in [0.4, 0.5) is 5.82 Å². The third kappa shape index (κ3) is 2.53. The van der Waals surface area contributed by atoms with Crippen LogP contribution in [-0.4, -0.2) is 43.1 Å². The fraction of sp³-hybridized carbons (Fsp3) is 0.615. The minimum absolute atomic E-state index is 1.09. The van der Waals surface area contributed by atoms with Gasteiger partial charge in [-0.15, -0.1) is 0 Å². The van der Waals surface area contributed by atoms with Gasteiger partial charge in [0.25, 0.3) is 0 Å². The topological polar surface area (TPSA) is 19.4 Å². The van der Waals surface area contributed by atoms with Crippen molar-refractivity contribution < 1.29 is 0 Å². The van der Waals surface area contributed by atoms with Gasteiger partial charge in [0.15, 0.2) is 0 Å². The van der Waals surface area contributed by atoms with Crippen LogP contribution in [0.15, 0.2) is 12.1 Å². The molecule has 0 N–H and O–H groups in total. The molecule has 1 aromatic rings. The van der Waals surface area contributed by atoms with Gasteiger partial charge in [0, 0.05) is 25.3 Å². The van der Waals surface area contributed by atoms with E-state index in [4.69, 9.17) is 0 Å².